The van der Waals surface area contributed by atoms with Gasteiger partial charge in [-0.1, -0.05) is 17.7 Å². The molecular weight excluding hydrogens is 505 g/mol. The van der Waals surface area contributed by atoms with Crippen LogP contribution in [0, 0.1) is 6.92 Å². The SMILES string of the molecule is Cc1nc2c(c(C3CCC(Cl)C=C3Cl)c1CCl)C(=O)N(CC1CCCN1S(=O)(=O)C1CC1)C2. The average Bonchev–Trinajstić information content (AvgIpc) is 3.45. The predicted molar refractivity (Wildman–Crippen MR) is 130 cm³/mol. The number of rotatable bonds is 6. The van der Waals surface area contributed by atoms with Crippen LogP contribution in [0.4, 0.5) is 0 Å². The highest BCUT2D eigenvalue weighted by atomic mass is 35.5. The van der Waals surface area contributed by atoms with Crippen molar-refractivity contribution in [2.45, 2.75) is 80.5 Å². The Morgan fingerprint density at radius 3 is 2.61 bits per heavy atom. The van der Waals surface area contributed by atoms with Gasteiger partial charge < -0.3 is 4.90 Å². The Bertz CT molecular complexity index is 1120. The minimum Gasteiger partial charge on any atom is -0.331 e. The summed E-state index contributed by atoms with van der Waals surface area (Å²) in [6, 6.07) is -0.180. The molecule has 3 heterocycles. The first-order valence-corrected chi connectivity index (χ1v) is 14.5. The lowest BCUT2D eigenvalue weighted by atomic mass is 9.83. The molecule has 0 bridgehead atoms. The highest BCUT2D eigenvalue weighted by Gasteiger charge is 2.46. The van der Waals surface area contributed by atoms with Crippen LogP contribution in [-0.2, 0) is 22.4 Å². The molecule has 3 atom stereocenters. The molecule has 2 fully saturated rings. The molecule has 10 heteroatoms. The number of halogens is 3. The second kappa shape index (κ2) is 8.98. The number of amides is 1. The normalized spacial score (nSPS) is 28.4. The minimum atomic E-state index is -3.27. The molecule has 1 aromatic heterocycles. The maximum absolute atomic E-state index is 13.7. The van der Waals surface area contributed by atoms with E-state index in [0.29, 0.717) is 30.2 Å². The first-order valence-electron chi connectivity index (χ1n) is 11.6. The van der Waals surface area contributed by atoms with Gasteiger partial charge in [-0.3, -0.25) is 9.78 Å². The largest absolute Gasteiger partial charge is 0.331 e. The van der Waals surface area contributed by atoms with Gasteiger partial charge in [-0.25, -0.2) is 8.42 Å². The molecule has 0 spiro atoms. The number of alkyl halides is 2. The standard InChI is InChI=1S/C23H28Cl3N3O3S/c1-13-18(10-24)21(17-7-4-14(25)9-19(17)26)22-20(27-13)12-28(23(22)30)11-15-3-2-8-29(15)33(31,32)16-5-6-16/h9,14-17H,2-8,10-12H2,1H3. The van der Waals surface area contributed by atoms with Crippen molar-refractivity contribution < 1.29 is 13.2 Å². The third-order valence-electron chi connectivity index (χ3n) is 7.38. The number of sulfonamides is 1. The number of hydrogen-bond donors (Lipinski definition) is 0. The summed E-state index contributed by atoms with van der Waals surface area (Å²) in [7, 11) is -3.27. The molecule has 1 saturated heterocycles. The zero-order valence-corrected chi connectivity index (χ0v) is 21.7. The molecule has 0 N–H and O–H groups in total. The van der Waals surface area contributed by atoms with Gasteiger partial charge in [-0.15, -0.1) is 23.2 Å². The van der Waals surface area contributed by atoms with E-state index in [2.05, 4.69) is 0 Å². The van der Waals surface area contributed by atoms with Gasteiger partial charge in [0.2, 0.25) is 10.0 Å². The van der Waals surface area contributed by atoms with Crippen LogP contribution in [0.15, 0.2) is 11.1 Å². The molecule has 4 aliphatic rings. The lowest BCUT2D eigenvalue weighted by Crippen LogP contribution is -2.44. The van der Waals surface area contributed by atoms with Crippen LogP contribution in [0.3, 0.4) is 0 Å². The zero-order chi connectivity index (χ0) is 23.5. The van der Waals surface area contributed by atoms with E-state index in [9.17, 15) is 13.2 Å². The Hall–Kier alpha value is -0.860. The van der Waals surface area contributed by atoms with Gasteiger partial charge in [-0.2, -0.15) is 4.31 Å². The summed E-state index contributed by atoms with van der Waals surface area (Å²) in [6.45, 7) is 3.22. The van der Waals surface area contributed by atoms with Crippen molar-refractivity contribution >= 4 is 50.7 Å². The maximum Gasteiger partial charge on any atom is 0.256 e. The lowest BCUT2D eigenvalue weighted by Gasteiger charge is -2.28. The van der Waals surface area contributed by atoms with Crippen LogP contribution < -0.4 is 0 Å². The topological polar surface area (TPSA) is 70.6 Å². The van der Waals surface area contributed by atoms with Crippen molar-refractivity contribution in [3.63, 3.8) is 0 Å². The fourth-order valence-electron chi connectivity index (χ4n) is 5.55. The van der Waals surface area contributed by atoms with Crippen molar-refractivity contribution in [3.05, 3.63) is 39.2 Å². The third-order valence-corrected chi connectivity index (χ3v) is 10.8. The van der Waals surface area contributed by atoms with E-state index in [1.807, 2.05) is 13.0 Å². The van der Waals surface area contributed by atoms with E-state index < -0.39 is 10.0 Å². The second-order valence-corrected chi connectivity index (χ2v) is 13.0. The molecule has 5 rings (SSSR count). The van der Waals surface area contributed by atoms with Gasteiger partial charge in [0.05, 0.1) is 28.4 Å². The number of fused-ring (bicyclic) bond motifs is 1. The fraction of sp³-hybridized carbons (Fsp3) is 0.652. The molecule has 1 saturated carbocycles. The monoisotopic (exact) mass is 531 g/mol. The average molecular weight is 533 g/mol. The first-order chi connectivity index (χ1) is 15.7. The minimum absolute atomic E-state index is 0.105. The molecule has 6 nitrogen and oxygen atoms in total. The van der Waals surface area contributed by atoms with Crippen LogP contribution in [-0.4, -0.2) is 58.3 Å². The number of carbonyl (C=O) groups is 1. The smallest absolute Gasteiger partial charge is 0.256 e. The van der Waals surface area contributed by atoms with Gasteiger partial charge in [0.25, 0.3) is 5.91 Å². The summed E-state index contributed by atoms with van der Waals surface area (Å²) in [6.07, 6.45) is 6.45. The molecule has 1 aromatic rings. The maximum atomic E-state index is 13.7. The highest BCUT2D eigenvalue weighted by Crippen LogP contribution is 2.44. The molecule has 0 radical (unpaired) electrons. The predicted octanol–water partition coefficient (Wildman–Crippen LogP) is 4.65. The zero-order valence-electron chi connectivity index (χ0n) is 18.6. The second-order valence-electron chi connectivity index (χ2n) is 9.58. The Balaban J connectivity index is 1.47. The quantitative estimate of drug-likeness (QED) is 0.500. The number of aromatic nitrogens is 1. The summed E-state index contributed by atoms with van der Waals surface area (Å²) in [5.41, 5.74) is 3.86. The van der Waals surface area contributed by atoms with Gasteiger partial charge in [0, 0.05) is 41.7 Å². The van der Waals surface area contributed by atoms with Gasteiger partial charge >= 0.3 is 0 Å². The Labute approximate surface area is 210 Å². The Morgan fingerprint density at radius 1 is 1.18 bits per heavy atom. The van der Waals surface area contributed by atoms with E-state index in [1.54, 1.807) is 9.21 Å². The fourth-order valence-corrected chi connectivity index (χ4v) is 8.67. The third kappa shape index (κ3) is 4.22. The molecule has 33 heavy (non-hydrogen) atoms. The van der Waals surface area contributed by atoms with Crippen molar-refractivity contribution in [2.75, 3.05) is 13.1 Å². The molecular formula is C23H28Cl3N3O3S. The molecule has 2 aliphatic carbocycles. The summed E-state index contributed by atoms with van der Waals surface area (Å²) in [5.74, 6) is 0.00965. The molecule has 180 valence electrons. The molecule has 0 aromatic carbocycles. The first kappa shape index (κ1) is 23.9. The molecule has 3 unspecified atom stereocenters. The highest BCUT2D eigenvalue weighted by molar-refractivity contribution is 7.90. The number of aryl methyl sites for hydroxylation is 1. The number of nitrogens with zero attached hydrogens (tertiary/aromatic N) is 3. The summed E-state index contributed by atoms with van der Waals surface area (Å²) < 4.78 is 27.4. The van der Waals surface area contributed by atoms with E-state index in [0.717, 1.165) is 61.0 Å². The van der Waals surface area contributed by atoms with Crippen molar-refractivity contribution in [1.82, 2.24) is 14.2 Å². The lowest BCUT2D eigenvalue weighted by molar-refractivity contribution is 0.0749. The van der Waals surface area contributed by atoms with Gasteiger partial charge in [0.1, 0.15) is 0 Å². The van der Waals surface area contributed by atoms with Crippen LogP contribution in [0.25, 0.3) is 0 Å². The van der Waals surface area contributed by atoms with Gasteiger partial charge in [-0.05, 0) is 56.6 Å². The number of hydrogen-bond acceptors (Lipinski definition) is 4. The van der Waals surface area contributed by atoms with Crippen LogP contribution in [0.2, 0.25) is 0 Å². The van der Waals surface area contributed by atoms with E-state index in [1.165, 1.54) is 0 Å². The molecule has 1 amide bonds. The summed E-state index contributed by atoms with van der Waals surface area (Å²) >= 11 is 19.3. The van der Waals surface area contributed by atoms with E-state index in [-0.39, 0.29) is 34.4 Å². The number of pyridine rings is 1. The number of carbonyl (C=O) groups excluding carboxylic acids is 1. The van der Waals surface area contributed by atoms with E-state index >= 15 is 0 Å². The van der Waals surface area contributed by atoms with Crippen LogP contribution in [0.1, 0.15) is 77.3 Å². The van der Waals surface area contributed by atoms with Crippen molar-refractivity contribution in [2.24, 2.45) is 0 Å². The molecule has 2 aliphatic heterocycles. The van der Waals surface area contributed by atoms with Gasteiger partial charge in [0.15, 0.2) is 0 Å². The Morgan fingerprint density at radius 2 is 1.94 bits per heavy atom. The summed E-state index contributed by atoms with van der Waals surface area (Å²) in [4.78, 5) is 20.2. The Kier molecular flexibility index (Phi) is 6.49. The van der Waals surface area contributed by atoms with Crippen LogP contribution in [0.5, 0.6) is 0 Å². The summed E-state index contributed by atoms with van der Waals surface area (Å²) in [5, 5.41) is 0.292. The van der Waals surface area contributed by atoms with Crippen LogP contribution >= 0.6 is 34.8 Å². The van der Waals surface area contributed by atoms with Crippen molar-refractivity contribution in [3.8, 4) is 0 Å². The van der Waals surface area contributed by atoms with Crippen molar-refractivity contribution in [1.29, 1.82) is 0 Å². The van der Waals surface area contributed by atoms with E-state index in [4.69, 9.17) is 39.8 Å². The number of allylic oxidation sites excluding steroid dienone is 2.